The fourth-order valence-corrected chi connectivity index (χ4v) is 5.38. The molecule has 0 aliphatic carbocycles. The molecule has 1 amide bonds. The first-order valence-corrected chi connectivity index (χ1v) is 9.58. The number of nitrogens with one attached hydrogen (secondary N) is 2. The Balaban J connectivity index is 1.97. The summed E-state index contributed by atoms with van der Waals surface area (Å²) in [6.07, 6.45) is 0.686. The zero-order valence-electron chi connectivity index (χ0n) is 14.8. The average Bonchev–Trinajstić information content (AvgIpc) is 3.10. The van der Waals surface area contributed by atoms with Crippen molar-refractivity contribution < 1.29 is 9.72 Å². The van der Waals surface area contributed by atoms with Crippen molar-refractivity contribution in [3.63, 3.8) is 0 Å². The van der Waals surface area contributed by atoms with E-state index in [4.69, 9.17) is 0 Å². The molecule has 3 heterocycles. The lowest BCUT2D eigenvalue weighted by Crippen LogP contribution is -2.54. The van der Waals surface area contributed by atoms with Crippen LogP contribution in [-0.2, 0) is 12.0 Å². The van der Waals surface area contributed by atoms with Crippen LogP contribution in [0.3, 0.4) is 0 Å². The Bertz CT molecular complexity index is 950. The van der Waals surface area contributed by atoms with Gasteiger partial charge in [-0.1, -0.05) is 11.3 Å². The zero-order chi connectivity index (χ0) is 19.3. The Labute approximate surface area is 158 Å². The van der Waals surface area contributed by atoms with Crippen LogP contribution in [0.15, 0.2) is 12.1 Å². The number of carbonyl (C=O) groups excluding carboxylic acids is 1. The molecule has 2 aromatic heterocycles. The summed E-state index contributed by atoms with van der Waals surface area (Å²) >= 11 is 2.20. The van der Waals surface area contributed by atoms with Gasteiger partial charge in [0.15, 0.2) is 0 Å². The Kier molecular flexibility index (Phi) is 4.38. The van der Waals surface area contributed by atoms with Gasteiger partial charge in [-0.3, -0.25) is 14.9 Å². The summed E-state index contributed by atoms with van der Waals surface area (Å²) in [5, 5.41) is 27.2. The number of carbonyl (C=O) groups is 1. The van der Waals surface area contributed by atoms with Crippen LogP contribution in [0.1, 0.15) is 53.4 Å². The van der Waals surface area contributed by atoms with Gasteiger partial charge < -0.3 is 10.6 Å². The molecule has 0 saturated carbocycles. The smallest absolute Gasteiger partial charge is 0.312 e. The van der Waals surface area contributed by atoms with Crippen molar-refractivity contribution in [3.05, 3.63) is 43.1 Å². The molecule has 26 heavy (non-hydrogen) atoms. The molecule has 1 aliphatic heterocycles. The lowest BCUT2D eigenvalue weighted by Gasteiger charge is -2.42. The fraction of sp³-hybridized carbons (Fsp3) is 0.412. The maximum Gasteiger partial charge on any atom is 0.324 e. The summed E-state index contributed by atoms with van der Waals surface area (Å²) in [6.45, 7) is 8.27. The van der Waals surface area contributed by atoms with Crippen molar-refractivity contribution in [1.82, 2.24) is 5.32 Å². The van der Waals surface area contributed by atoms with Crippen LogP contribution in [0.25, 0.3) is 0 Å². The number of hydrogen-bond donors (Lipinski definition) is 2. The largest absolute Gasteiger partial charge is 0.324 e. The molecule has 9 heteroatoms. The molecule has 0 radical (unpaired) electrons. The second-order valence-electron chi connectivity index (χ2n) is 7.39. The van der Waals surface area contributed by atoms with Gasteiger partial charge in [0.2, 0.25) is 0 Å². The number of nitro groups is 1. The number of amides is 1. The molecule has 7 nitrogen and oxygen atoms in total. The topological polar surface area (TPSA) is 108 Å². The highest BCUT2D eigenvalue weighted by atomic mass is 32.1. The number of fused-ring (bicyclic) bond motifs is 1. The van der Waals surface area contributed by atoms with Crippen molar-refractivity contribution in [3.8, 4) is 6.07 Å². The van der Waals surface area contributed by atoms with E-state index in [1.807, 2.05) is 0 Å². The van der Waals surface area contributed by atoms with Gasteiger partial charge >= 0.3 is 5.00 Å². The number of thiophene rings is 2. The van der Waals surface area contributed by atoms with Crippen molar-refractivity contribution in [1.29, 1.82) is 5.26 Å². The van der Waals surface area contributed by atoms with Gasteiger partial charge in [-0.05, 0) is 45.7 Å². The third-order valence-corrected chi connectivity index (χ3v) is 6.69. The van der Waals surface area contributed by atoms with E-state index in [9.17, 15) is 20.2 Å². The molecule has 0 spiro atoms. The SMILES string of the molecule is CC1(C)Cc2c(sc(NC(=O)c3ccc([N+](=O)[O-])s3)c2C#N)C(C)(C)N1. The van der Waals surface area contributed by atoms with Gasteiger partial charge in [0.1, 0.15) is 11.1 Å². The van der Waals surface area contributed by atoms with E-state index in [0.29, 0.717) is 17.0 Å². The predicted molar refractivity (Wildman–Crippen MR) is 102 cm³/mol. The normalized spacial score (nSPS) is 17.2. The van der Waals surface area contributed by atoms with Gasteiger partial charge in [-0.2, -0.15) is 5.26 Å². The summed E-state index contributed by atoms with van der Waals surface area (Å²) in [5.74, 6) is -0.441. The second kappa shape index (κ2) is 6.16. The molecule has 0 bridgehead atoms. The van der Waals surface area contributed by atoms with E-state index in [2.05, 4.69) is 44.4 Å². The quantitative estimate of drug-likeness (QED) is 0.608. The predicted octanol–water partition coefficient (Wildman–Crippen LogP) is 4.00. The van der Waals surface area contributed by atoms with Crippen LogP contribution in [0.4, 0.5) is 10.0 Å². The van der Waals surface area contributed by atoms with Crippen LogP contribution in [-0.4, -0.2) is 16.4 Å². The Morgan fingerprint density at radius 3 is 2.62 bits per heavy atom. The maximum absolute atomic E-state index is 12.5. The summed E-state index contributed by atoms with van der Waals surface area (Å²) in [6, 6.07) is 4.95. The molecule has 0 atom stereocenters. The van der Waals surface area contributed by atoms with Crippen LogP contribution in [0.5, 0.6) is 0 Å². The molecule has 2 aromatic rings. The first-order chi connectivity index (χ1) is 12.0. The highest BCUT2D eigenvalue weighted by Crippen LogP contribution is 2.44. The average molecular weight is 390 g/mol. The molecule has 0 saturated heterocycles. The third kappa shape index (κ3) is 3.23. The first-order valence-electron chi connectivity index (χ1n) is 7.95. The van der Waals surface area contributed by atoms with E-state index in [1.54, 1.807) is 0 Å². The molecular formula is C17H18N4O3S2. The molecule has 1 aliphatic rings. The van der Waals surface area contributed by atoms with Crippen LogP contribution >= 0.6 is 22.7 Å². The van der Waals surface area contributed by atoms with Gasteiger partial charge in [0.05, 0.1) is 15.4 Å². The van der Waals surface area contributed by atoms with Crippen LogP contribution in [0, 0.1) is 21.4 Å². The van der Waals surface area contributed by atoms with Gasteiger partial charge in [-0.15, -0.1) is 11.3 Å². The molecule has 136 valence electrons. The summed E-state index contributed by atoms with van der Waals surface area (Å²) < 4.78 is 0. The minimum atomic E-state index is -0.526. The van der Waals surface area contributed by atoms with E-state index in [0.717, 1.165) is 21.8 Å². The molecule has 3 rings (SSSR count). The van der Waals surface area contributed by atoms with E-state index < -0.39 is 10.8 Å². The van der Waals surface area contributed by atoms with E-state index in [1.165, 1.54) is 23.5 Å². The molecule has 2 N–H and O–H groups in total. The fourth-order valence-electron chi connectivity index (χ4n) is 3.45. The van der Waals surface area contributed by atoms with Crippen molar-refractivity contribution in [2.24, 2.45) is 0 Å². The number of rotatable bonds is 3. The summed E-state index contributed by atoms with van der Waals surface area (Å²) in [5.41, 5.74) is 0.947. The maximum atomic E-state index is 12.5. The van der Waals surface area contributed by atoms with Crippen LogP contribution in [0.2, 0.25) is 0 Å². The van der Waals surface area contributed by atoms with Crippen LogP contribution < -0.4 is 10.6 Å². The minimum Gasteiger partial charge on any atom is -0.312 e. The van der Waals surface area contributed by atoms with Crippen molar-refractivity contribution in [2.45, 2.75) is 45.2 Å². The van der Waals surface area contributed by atoms with Gasteiger partial charge in [0.25, 0.3) is 5.91 Å². The number of anilines is 1. The molecule has 0 unspecified atom stereocenters. The molecule has 0 fully saturated rings. The lowest BCUT2D eigenvalue weighted by atomic mass is 9.81. The highest BCUT2D eigenvalue weighted by Gasteiger charge is 2.40. The van der Waals surface area contributed by atoms with Crippen molar-refractivity contribution in [2.75, 3.05) is 5.32 Å². The second-order valence-corrected chi connectivity index (χ2v) is 9.47. The van der Waals surface area contributed by atoms with Gasteiger partial charge in [-0.25, -0.2) is 0 Å². The number of nitriles is 1. The van der Waals surface area contributed by atoms with E-state index in [-0.39, 0.29) is 21.0 Å². The minimum absolute atomic E-state index is 0.0896. The first kappa shape index (κ1) is 18.5. The van der Waals surface area contributed by atoms with E-state index >= 15 is 0 Å². The number of hydrogen-bond acceptors (Lipinski definition) is 7. The standard InChI is InChI=1S/C17H18N4O3S2/c1-16(2)7-9-10(8-18)15(26-13(9)17(3,4)20-16)19-14(22)11-5-6-12(25-11)21(23)24/h5-6,20H,7H2,1-4H3,(H,19,22). The molecular weight excluding hydrogens is 372 g/mol. The van der Waals surface area contributed by atoms with Crippen molar-refractivity contribution >= 4 is 38.6 Å². The molecule has 0 aromatic carbocycles. The summed E-state index contributed by atoms with van der Waals surface area (Å²) in [4.78, 5) is 24.0. The zero-order valence-corrected chi connectivity index (χ0v) is 16.4. The Morgan fingerprint density at radius 2 is 2.04 bits per heavy atom. The number of nitrogens with zero attached hydrogens (tertiary/aromatic N) is 2. The monoisotopic (exact) mass is 390 g/mol. The lowest BCUT2D eigenvalue weighted by molar-refractivity contribution is -0.380. The Morgan fingerprint density at radius 1 is 1.35 bits per heavy atom. The van der Waals surface area contributed by atoms with Gasteiger partial charge in [0, 0.05) is 22.0 Å². The third-order valence-electron chi connectivity index (χ3n) is 4.18. The highest BCUT2D eigenvalue weighted by molar-refractivity contribution is 7.18. The Hall–Kier alpha value is -2.28. The summed E-state index contributed by atoms with van der Waals surface area (Å²) in [7, 11) is 0.